The van der Waals surface area contributed by atoms with Gasteiger partial charge in [0.25, 0.3) is 0 Å². The first-order valence-corrected chi connectivity index (χ1v) is 44.5. The molecule has 1 aliphatic rings. The van der Waals surface area contributed by atoms with Crippen molar-refractivity contribution in [1.29, 1.82) is 0 Å². The van der Waals surface area contributed by atoms with E-state index in [0.29, 0.717) is 91.1 Å². The van der Waals surface area contributed by atoms with Crippen LogP contribution in [0.4, 0.5) is 68.2 Å². The first-order valence-electron chi connectivity index (χ1n) is 44.5. The Labute approximate surface area is 753 Å². The molecule has 1 aliphatic carbocycles. The van der Waals surface area contributed by atoms with Gasteiger partial charge in [-0.3, -0.25) is 20.0 Å². The summed E-state index contributed by atoms with van der Waals surface area (Å²) in [6, 6.07) is 145. The second-order valence-electron chi connectivity index (χ2n) is 31.8. The molecule has 8 bridgehead atoms. The number of para-hydroxylation sites is 10. The predicted octanol–water partition coefficient (Wildman–Crippen LogP) is 27.8. The van der Waals surface area contributed by atoms with Crippen LogP contribution in [0.25, 0.3) is 0 Å². The average molecular weight is 1670 g/mol. The third-order valence-corrected chi connectivity index (χ3v) is 22.4. The molecular formula is C116H104N8O4. The van der Waals surface area contributed by atoms with Crippen molar-refractivity contribution in [2.75, 3.05) is 72.2 Å². The summed E-state index contributed by atoms with van der Waals surface area (Å²) in [5.41, 5.74) is 26.0. The summed E-state index contributed by atoms with van der Waals surface area (Å²) in [6.07, 6.45) is 13.2. The summed E-state index contributed by atoms with van der Waals surface area (Å²) in [4.78, 5) is 28.9. The quantitative estimate of drug-likeness (QED) is 0.0283. The topological polar surface area (TPSA) is 99.3 Å². The van der Waals surface area contributed by atoms with E-state index in [1.165, 1.54) is 0 Å². The maximum Gasteiger partial charge on any atom is 0.126 e. The van der Waals surface area contributed by atoms with Crippen LogP contribution >= 0.6 is 0 Å². The van der Waals surface area contributed by atoms with E-state index in [0.717, 1.165) is 171 Å². The fourth-order valence-corrected chi connectivity index (χ4v) is 16.4. The van der Waals surface area contributed by atoms with Crippen LogP contribution in [0.15, 0.2) is 432 Å². The van der Waals surface area contributed by atoms with Crippen molar-refractivity contribution in [3.8, 4) is 23.0 Å². The van der Waals surface area contributed by atoms with E-state index >= 15 is 0 Å². The van der Waals surface area contributed by atoms with Crippen LogP contribution in [0, 0.1) is 0 Å². The molecule has 0 aliphatic heterocycles. The molecule has 0 saturated carbocycles. The van der Waals surface area contributed by atoms with Crippen LogP contribution in [-0.2, 0) is 25.7 Å². The molecule has 0 atom stereocenters. The third kappa shape index (κ3) is 23.0. The van der Waals surface area contributed by atoms with Gasteiger partial charge in [0, 0.05) is 171 Å². The second kappa shape index (κ2) is 43.8. The van der Waals surface area contributed by atoms with Crippen LogP contribution in [0.3, 0.4) is 0 Å². The van der Waals surface area contributed by atoms with Gasteiger partial charge in [-0.1, -0.05) is 243 Å². The van der Waals surface area contributed by atoms with Gasteiger partial charge in [-0.2, -0.15) is 0 Å². The SMILES string of the molecule is C(=NCCCOc1cc2cc(c1)Cc1cccc(c1OCCCN=Cc1ccc(N(c3ccccc3)c3ccccc3)cc1)Cc1cc(cc(OCCCN=Cc3ccc(N(c4ccccc4)c4ccccc4)cc3)c1)Cc1cccc(c1OCCCN=Cc1ccc(N(c3ccccc3)c3ccccc3)cc1)C2)c1ccc(N(c2ccccc2)c2ccccc2)cc1. The molecule has 0 fully saturated rings. The molecule has 16 aromatic rings. The number of hydrogen-bond donors (Lipinski definition) is 0. The number of ether oxygens (including phenoxy) is 4. The second-order valence-corrected chi connectivity index (χ2v) is 31.8. The van der Waals surface area contributed by atoms with E-state index in [4.69, 9.17) is 38.9 Å². The highest BCUT2D eigenvalue weighted by Crippen LogP contribution is 2.41. The number of fused-ring (bicyclic) bond motifs is 8. The molecular weight excluding hydrogens is 1570 g/mol. The molecule has 128 heavy (non-hydrogen) atoms. The number of rotatable bonds is 36. The Hall–Kier alpha value is -15.4. The van der Waals surface area contributed by atoms with Crippen molar-refractivity contribution in [3.05, 3.63) is 479 Å². The van der Waals surface area contributed by atoms with E-state index in [-0.39, 0.29) is 0 Å². The maximum atomic E-state index is 7.15. The van der Waals surface area contributed by atoms with Gasteiger partial charge in [-0.25, -0.2) is 0 Å². The minimum Gasteiger partial charge on any atom is -0.494 e. The number of nitrogens with zero attached hydrogens (tertiary/aromatic N) is 8. The van der Waals surface area contributed by atoms with Crippen LogP contribution < -0.4 is 38.5 Å². The number of hydrogen-bond acceptors (Lipinski definition) is 12. The highest BCUT2D eigenvalue weighted by molar-refractivity contribution is 5.87. The Morgan fingerprint density at radius 3 is 0.586 bits per heavy atom. The molecule has 17 rings (SSSR count). The Morgan fingerprint density at radius 1 is 0.195 bits per heavy atom. The lowest BCUT2D eigenvalue weighted by Gasteiger charge is -2.25. The van der Waals surface area contributed by atoms with Gasteiger partial charge in [0.1, 0.15) is 23.0 Å². The van der Waals surface area contributed by atoms with E-state index in [1.807, 2.05) is 24.9 Å². The van der Waals surface area contributed by atoms with Crippen molar-refractivity contribution >= 4 is 93.1 Å². The fourth-order valence-electron chi connectivity index (χ4n) is 16.4. The zero-order chi connectivity index (χ0) is 86.4. The molecule has 0 saturated heterocycles. The van der Waals surface area contributed by atoms with Crippen molar-refractivity contribution in [2.24, 2.45) is 20.0 Å². The van der Waals surface area contributed by atoms with Gasteiger partial charge < -0.3 is 38.5 Å². The molecule has 0 heterocycles. The van der Waals surface area contributed by atoms with Crippen LogP contribution in [0.5, 0.6) is 23.0 Å². The summed E-state index contributed by atoms with van der Waals surface area (Å²) >= 11 is 0. The fraction of sp³-hybridized carbons (Fsp3) is 0.138. The highest BCUT2D eigenvalue weighted by atomic mass is 16.5. The molecule has 0 N–H and O–H groups in total. The Balaban J connectivity index is 0.629. The van der Waals surface area contributed by atoms with Gasteiger partial charge >= 0.3 is 0 Å². The Morgan fingerprint density at radius 2 is 0.383 bits per heavy atom. The normalized spacial score (nSPS) is 11.9. The maximum absolute atomic E-state index is 7.15. The molecule has 12 nitrogen and oxygen atoms in total. The predicted molar refractivity (Wildman–Crippen MR) is 532 cm³/mol. The van der Waals surface area contributed by atoms with E-state index in [1.54, 1.807) is 0 Å². The van der Waals surface area contributed by atoms with Crippen molar-refractivity contribution in [3.63, 3.8) is 0 Å². The largest absolute Gasteiger partial charge is 0.494 e. The van der Waals surface area contributed by atoms with Gasteiger partial charge in [-0.15, -0.1) is 0 Å². The first kappa shape index (κ1) is 84.8. The third-order valence-electron chi connectivity index (χ3n) is 22.4. The number of anilines is 12. The van der Waals surface area contributed by atoms with Crippen molar-refractivity contribution < 1.29 is 18.9 Å². The van der Waals surface area contributed by atoms with Crippen molar-refractivity contribution in [2.45, 2.75) is 51.4 Å². The standard InChI is InChI=1S/C116H104N8O4/c1-9-35-101(36-10-1)121(102-37-11-2-12-38-102)109-59-51-89(52-60-109)85-117-67-27-71-125-113-81-93-75-94(82-113)78-98-32-26-34-100(116(98)128-74-30-70-120-88-92-57-65-112(66-58-92)124(107-47-21-7-22-48-107)108-49-23-8-24-50-108)80-96-76-95(83-114(84-96)126-72-28-68-118-86-90-53-61-110(62-54-90)122(103-39-13-3-14-40-103)104-41-15-4-16-42-104)79-99-33-25-31-97(77-93)115(99)127-73-29-69-119-87-91-55-63-111(64-56-91)123(105-43-17-5-18-44-105)106-45-19-6-20-46-106/h1-26,31-66,75-76,81-88H,27-30,67-74,77-80H2. The van der Waals surface area contributed by atoms with Gasteiger partial charge in [0.15, 0.2) is 0 Å². The van der Waals surface area contributed by atoms with E-state index in [2.05, 4.69) is 432 Å². The van der Waals surface area contributed by atoms with Crippen molar-refractivity contribution in [1.82, 2.24) is 0 Å². The highest BCUT2D eigenvalue weighted by Gasteiger charge is 2.22. The Kier molecular flexibility index (Phi) is 29.0. The zero-order valence-electron chi connectivity index (χ0n) is 72.1. The minimum absolute atomic E-state index is 0.470. The van der Waals surface area contributed by atoms with Gasteiger partial charge in [0.2, 0.25) is 0 Å². The molecule has 12 heteroatoms. The van der Waals surface area contributed by atoms with Crippen LogP contribution in [-0.4, -0.2) is 77.5 Å². The van der Waals surface area contributed by atoms with E-state index in [9.17, 15) is 0 Å². The number of benzene rings is 16. The summed E-state index contributed by atoms with van der Waals surface area (Å²) in [5.74, 6) is 3.38. The van der Waals surface area contributed by atoms with Gasteiger partial charge in [-0.05, 0) is 237 Å². The summed E-state index contributed by atoms with van der Waals surface area (Å²) in [5, 5.41) is 0. The van der Waals surface area contributed by atoms with Crippen LogP contribution in [0.2, 0.25) is 0 Å². The summed E-state index contributed by atoms with van der Waals surface area (Å²) in [7, 11) is 0. The molecule has 0 unspecified atom stereocenters. The monoisotopic (exact) mass is 1670 g/mol. The molecule has 16 aromatic carbocycles. The van der Waals surface area contributed by atoms with Gasteiger partial charge in [0.05, 0.1) is 26.4 Å². The summed E-state index contributed by atoms with van der Waals surface area (Å²) in [6.45, 7) is 4.30. The molecule has 0 amide bonds. The molecule has 0 spiro atoms. The molecule has 0 aromatic heterocycles. The smallest absolute Gasteiger partial charge is 0.126 e. The lowest BCUT2D eigenvalue weighted by Crippen LogP contribution is -2.09. The molecule has 632 valence electrons. The summed E-state index contributed by atoms with van der Waals surface area (Å²) < 4.78 is 28.0. The first-order chi connectivity index (χ1) is 63.5. The molecule has 0 radical (unpaired) electrons. The lowest BCUT2D eigenvalue weighted by molar-refractivity contribution is 0.307. The van der Waals surface area contributed by atoms with Crippen LogP contribution in [0.1, 0.15) is 92.4 Å². The van der Waals surface area contributed by atoms with E-state index < -0.39 is 0 Å². The Bertz CT molecular complexity index is 5660. The minimum atomic E-state index is 0.470. The zero-order valence-corrected chi connectivity index (χ0v) is 72.1. The average Bonchev–Trinajstić information content (AvgIpc) is 0.836. The lowest BCUT2D eigenvalue weighted by atomic mass is 9.92. The number of aliphatic imine (C=N–C) groups is 4.